The Labute approximate surface area is 143 Å². The van der Waals surface area contributed by atoms with Gasteiger partial charge in [0.1, 0.15) is 12.8 Å². The Balaban J connectivity index is 2.15. The Morgan fingerprint density at radius 2 is 2.12 bits per heavy atom. The van der Waals surface area contributed by atoms with Gasteiger partial charge in [0.05, 0.1) is 4.92 Å². The minimum absolute atomic E-state index is 0.130. The van der Waals surface area contributed by atoms with Crippen LogP contribution >= 0.6 is 0 Å². The third-order valence-corrected chi connectivity index (χ3v) is 3.47. The van der Waals surface area contributed by atoms with Crippen molar-refractivity contribution in [2.24, 2.45) is 0 Å². The minimum atomic E-state index is -0.534. The van der Waals surface area contributed by atoms with Gasteiger partial charge in [0.2, 0.25) is 5.91 Å². The van der Waals surface area contributed by atoms with Crippen molar-refractivity contribution >= 4 is 23.3 Å². The molecule has 0 saturated heterocycles. The van der Waals surface area contributed by atoms with Gasteiger partial charge in [-0.2, -0.15) is 0 Å². The number of aryl methyl sites for hydroxylation is 1. The van der Waals surface area contributed by atoms with Crippen molar-refractivity contribution in [1.82, 2.24) is 10.1 Å². The molecule has 1 aromatic carbocycles. The smallest absolute Gasteiger partial charge is 0.273 e. The number of carbonyl (C=O) groups is 2. The van der Waals surface area contributed by atoms with Crippen molar-refractivity contribution in [2.75, 3.05) is 18.4 Å². The minimum Gasteiger partial charge on any atom is -0.363 e. The highest BCUT2D eigenvalue weighted by Gasteiger charge is 2.21. The molecule has 0 saturated carbocycles. The second-order valence-corrected chi connectivity index (χ2v) is 5.42. The normalized spacial score (nSPS) is 10.3. The number of nitrogens with one attached hydrogen (secondary N) is 1. The van der Waals surface area contributed by atoms with Gasteiger partial charge in [-0.15, -0.1) is 0 Å². The SMILES string of the molecule is CCCN(CC(=O)Nc1ccon1)C(=O)c1ccc(C)c([N+](=O)[O-])c1. The van der Waals surface area contributed by atoms with E-state index in [1.54, 1.807) is 6.92 Å². The van der Waals surface area contributed by atoms with Crippen molar-refractivity contribution in [3.8, 4) is 0 Å². The number of hydrogen-bond acceptors (Lipinski definition) is 6. The second kappa shape index (κ2) is 8.04. The number of amides is 2. The lowest BCUT2D eigenvalue weighted by molar-refractivity contribution is -0.385. The third-order valence-electron chi connectivity index (χ3n) is 3.47. The van der Waals surface area contributed by atoms with Crippen molar-refractivity contribution in [1.29, 1.82) is 0 Å². The lowest BCUT2D eigenvalue weighted by atomic mass is 10.1. The lowest BCUT2D eigenvalue weighted by Crippen LogP contribution is -2.38. The molecule has 132 valence electrons. The molecular weight excluding hydrogens is 328 g/mol. The molecule has 2 rings (SSSR count). The predicted octanol–water partition coefficient (Wildman–Crippen LogP) is 2.38. The highest BCUT2D eigenvalue weighted by Crippen LogP contribution is 2.20. The fraction of sp³-hybridized carbons (Fsp3) is 0.312. The molecule has 9 nitrogen and oxygen atoms in total. The van der Waals surface area contributed by atoms with Gasteiger partial charge in [0.25, 0.3) is 11.6 Å². The Morgan fingerprint density at radius 3 is 2.72 bits per heavy atom. The summed E-state index contributed by atoms with van der Waals surface area (Å²) < 4.78 is 4.62. The summed E-state index contributed by atoms with van der Waals surface area (Å²) in [5.74, 6) is -0.627. The number of benzene rings is 1. The first kappa shape index (κ1) is 18.1. The van der Waals surface area contributed by atoms with Crippen LogP contribution in [-0.2, 0) is 4.79 Å². The maximum absolute atomic E-state index is 12.6. The Morgan fingerprint density at radius 1 is 1.36 bits per heavy atom. The summed E-state index contributed by atoms with van der Waals surface area (Å²) in [5.41, 5.74) is 0.502. The number of nitro groups is 1. The number of nitro benzene ring substituents is 1. The van der Waals surface area contributed by atoms with E-state index in [4.69, 9.17) is 0 Å². The molecule has 0 aliphatic rings. The van der Waals surface area contributed by atoms with Gasteiger partial charge in [-0.1, -0.05) is 18.1 Å². The lowest BCUT2D eigenvalue weighted by Gasteiger charge is -2.21. The average Bonchev–Trinajstić information content (AvgIpc) is 3.06. The summed E-state index contributed by atoms with van der Waals surface area (Å²) in [7, 11) is 0. The van der Waals surface area contributed by atoms with Crippen LogP contribution in [0.5, 0.6) is 0 Å². The molecule has 0 aliphatic heterocycles. The van der Waals surface area contributed by atoms with Crippen LogP contribution in [0.15, 0.2) is 35.1 Å². The topological polar surface area (TPSA) is 119 Å². The van der Waals surface area contributed by atoms with E-state index >= 15 is 0 Å². The van der Waals surface area contributed by atoms with Crippen molar-refractivity contribution in [2.45, 2.75) is 20.3 Å². The van der Waals surface area contributed by atoms with Gasteiger partial charge in [0, 0.05) is 29.8 Å². The quantitative estimate of drug-likeness (QED) is 0.607. The molecule has 0 radical (unpaired) electrons. The van der Waals surface area contributed by atoms with E-state index in [2.05, 4.69) is 15.0 Å². The van der Waals surface area contributed by atoms with Crippen LogP contribution in [0.1, 0.15) is 29.3 Å². The van der Waals surface area contributed by atoms with Gasteiger partial charge in [0.15, 0.2) is 5.82 Å². The molecule has 1 N–H and O–H groups in total. The number of anilines is 1. The molecule has 9 heteroatoms. The number of carbonyl (C=O) groups excluding carboxylic acids is 2. The average molecular weight is 346 g/mol. The highest BCUT2D eigenvalue weighted by molar-refractivity contribution is 5.99. The van der Waals surface area contributed by atoms with E-state index in [1.807, 2.05) is 6.92 Å². The summed E-state index contributed by atoms with van der Waals surface area (Å²) in [5, 5.41) is 17.1. The standard InChI is InChI=1S/C16H18N4O5/c1-3-7-19(10-15(21)17-14-6-8-25-18-14)16(22)12-5-4-11(2)13(9-12)20(23)24/h4-6,8-9H,3,7,10H2,1-2H3,(H,17,18,21). The van der Waals surface area contributed by atoms with Crippen LogP contribution in [0.3, 0.4) is 0 Å². The van der Waals surface area contributed by atoms with Crippen LogP contribution in [-0.4, -0.2) is 39.9 Å². The maximum Gasteiger partial charge on any atom is 0.273 e. The first-order chi connectivity index (χ1) is 11.9. The number of nitrogens with zero attached hydrogens (tertiary/aromatic N) is 3. The van der Waals surface area contributed by atoms with E-state index < -0.39 is 16.7 Å². The zero-order valence-electron chi connectivity index (χ0n) is 13.9. The summed E-state index contributed by atoms with van der Waals surface area (Å²) in [6.45, 7) is 3.61. The molecule has 0 unspecified atom stereocenters. The zero-order valence-corrected chi connectivity index (χ0v) is 13.9. The van der Waals surface area contributed by atoms with Crippen molar-refractivity contribution < 1.29 is 19.0 Å². The Bertz CT molecular complexity index is 773. The molecule has 0 atom stereocenters. The summed E-state index contributed by atoms with van der Waals surface area (Å²) in [4.78, 5) is 36.6. The van der Waals surface area contributed by atoms with Gasteiger partial charge < -0.3 is 14.7 Å². The van der Waals surface area contributed by atoms with Crippen LogP contribution in [0.25, 0.3) is 0 Å². The molecule has 2 amide bonds. The van der Waals surface area contributed by atoms with Gasteiger partial charge in [-0.25, -0.2) is 0 Å². The van der Waals surface area contributed by atoms with Crippen LogP contribution in [0.4, 0.5) is 11.5 Å². The number of hydrogen-bond donors (Lipinski definition) is 1. The first-order valence-electron chi connectivity index (χ1n) is 7.67. The zero-order chi connectivity index (χ0) is 18.4. The monoisotopic (exact) mass is 346 g/mol. The third kappa shape index (κ3) is 4.63. The highest BCUT2D eigenvalue weighted by atomic mass is 16.6. The van der Waals surface area contributed by atoms with Gasteiger partial charge >= 0.3 is 0 Å². The fourth-order valence-electron chi connectivity index (χ4n) is 2.28. The summed E-state index contributed by atoms with van der Waals surface area (Å²) >= 11 is 0. The summed E-state index contributed by atoms with van der Waals surface area (Å²) in [6, 6.07) is 5.75. The summed E-state index contributed by atoms with van der Waals surface area (Å²) in [6.07, 6.45) is 1.95. The molecule has 1 aromatic heterocycles. The van der Waals surface area contributed by atoms with E-state index in [0.29, 0.717) is 18.5 Å². The van der Waals surface area contributed by atoms with E-state index in [1.165, 1.54) is 35.4 Å². The maximum atomic E-state index is 12.6. The molecule has 0 spiro atoms. The number of aromatic nitrogens is 1. The molecule has 0 aliphatic carbocycles. The van der Waals surface area contributed by atoms with Crippen molar-refractivity contribution in [3.63, 3.8) is 0 Å². The van der Waals surface area contributed by atoms with Gasteiger partial charge in [-0.05, 0) is 19.4 Å². The van der Waals surface area contributed by atoms with Crippen LogP contribution in [0, 0.1) is 17.0 Å². The molecule has 2 aromatic rings. The van der Waals surface area contributed by atoms with Gasteiger partial charge in [-0.3, -0.25) is 19.7 Å². The van der Waals surface area contributed by atoms with E-state index in [0.717, 1.165) is 0 Å². The van der Waals surface area contributed by atoms with Crippen molar-refractivity contribution in [3.05, 3.63) is 51.8 Å². The number of rotatable bonds is 7. The largest absolute Gasteiger partial charge is 0.363 e. The molecule has 25 heavy (non-hydrogen) atoms. The Hall–Kier alpha value is -3.23. The predicted molar refractivity (Wildman–Crippen MR) is 89.2 cm³/mol. The van der Waals surface area contributed by atoms with Crippen LogP contribution < -0.4 is 5.32 Å². The molecular formula is C16H18N4O5. The van der Waals surface area contributed by atoms with Crippen LogP contribution in [0.2, 0.25) is 0 Å². The van der Waals surface area contributed by atoms with E-state index in [-0.39, 0.29) is 23.6 Å². The first-order valence-corrected chi connectivity index (χ1v) is 7.67. The molecule has 0 bridgehead atoms. The van der Waals surface area contributed by atoms with E-state index in [9.17, 15) is 19.7 Å². The Kier molecular flexibility index (Phi) is 5.83. The molecule has 0 fully saturated rings. The second-order valence-electron chi connectivity index (χ2n) is 5.42. The fourth-order valence-corrected chi connectivity index (χ4v) is 2.28. The molecule has 1 heterocycles.